The molecule has 3 aromatic heterocycles. The molecule has 22 nitrogen and oxygen atoms in total. The summed E-state index contributed by atoms with van der Waals surface area (Å²) in [6.45, 7) is 14.0. The number of cyclic esters (lactones) is 1. The van der Waals surface area contributed by atoms with Crippen molar-refractivity contribution in [3.05, 3.63) is 244 Å². The molecule has 5 aliphatic carbocycles. The maximum atomic E-state index is 16.5. The van der Waals surface area contributed by atoms with Gasteiger partial charge in [0.05, 0.1) is 51.1 Å². The number of aromatic nitrogens is 3. The molecule has 133 heavy (non-hydrogen) atoms. The Labute approximate surface area is 806 Å². The van der Waals surface area contributed by atoms with Crippen molar-refractivity contribution in [2.75, 3.05) is 29.2 Å². The van der Waals surface area contributed by atoms with Crippen LogP contribution in [0, 0.1) is 62.3 Å². The van der Waals surface area contributed by atoms with Crippen molar-refractivity contribution < 1.29 is 70.8 Å². The van der Waals surface area contributed by atoms with Gasteiger partial charge in [-0.25, -0.2) is 28.1 Å². The van der Waals surface area contributed by atoms with Crippen LogP contribution in [0.1, 0.15) is 238 Å². The van der Waals surface area contributed by atoms with Gasteiger partial charge in [-0.05, 0) is 213 Å². The van der Waals surface area contributed by atoms with Crippen LogP contribution in [-0.2, 0) is 68.8 Å². The third-order valence-electron chi connectivity index (χ3n) is 31.9. The van der Waals surface area contributed by atoms with Crippen LogP contribution < -0.4 is 33.2 Å². The molecule has 5 amide bonds. The number of fused-ring (bicyclic) bond motifs is 11. The Morgan fingerprint density at radius 2 is 0.842 bits per heavy atom. The number of Topliss-reactive ketones (excluding diaryl/α,β-unsaturated/α-hetero) is 1. The number of pyridine rings is 3. The Morgan fingerprint density at radius 1 is 0.459 bits per heavy atom. The Kier molecular flexibility index (Phi) is 27.0. The summed E-state index contributed by atoms with van der Waals surface area (Å²) in [6.07, 6.45) is 10.7. The molecule has 1 unspecified atom stereocenters. The molecule has 5 saturated carbocycles. The normalized spacial score (nSPS) is 29.9. The molecule has 15 atom stereocenters. The van der Waals surface area contributed by atoms with Gasteiger partial charge in [0, 0.05) is 58.4 Å². The third-order valence-corrected chi connectivity index (χ3v) is 33.5. The van der Waals surface area contributed by atoms with Gasteiger partial charge < -0.3 is 52.5 Å². The van der Waals surface area contributed by atoms with Gasteiger partial charge in [-0.1, -0.05) is 226 Å². The largest absolute Gasteiger partial charge is 0.481 e. The summed E-state index contributed by atoms with van der Waals surface area (Å²) in [5.41, 5.74) is 14.3. The predicted molar refractivity (Wildman–Crippen MR) is 504 cm³/mol. The van der Waals surface area contributed by atoms with E-state index in [9.17, 15) is 38.7 Å². The van der Waals surface area contributed by atoms with Crippen molar-refractivity contribution in [3.8, 4) is 0 Å². The number of primary amides is 2. The van der Waals surface area contributed by atoms with Crippen molar-refractivity contribution in [1.29, 1.82) is 0 Å². The molecule has 9 fully saturated rings. The van der Waals surface area contributed by atoms with Crippen LogP contribution in [0.5, 0.6) is 0 Å². The third kappa shape index (κ3) is 16.5. The number of carboxylic acid groups (broad SMARTS) is 1. The average Bonchev–Trinajstić information content (AvgIpc) is 1.48. The zero-order valence-corrected chi connectivity index (χ0v) is 79.8. The highest BCUT2D eigenvalue weighted by molar-refractivity contribution is 6.32. The molecule has 7 aliphatic heterocycles. The first kappa shape index (κ1) is 97.3. The van der Waals surface area contributed by atoms with Crippen molar-refractivity contribution in [3.63, 3.8) is 0 Å². The van der Waals surface area contributed by atoms with Gasteiger partial charge >= 0.3 is 11.9 Å². The maximum Gasteiger partial charge on any atom is 0.324 e. The lowest BCUT2D eigenvalue weighted by atomic mass is 9.51. The van der Waals surface area contributed by atoms with E-state index in [2.05, 4.69) is 77.3 Å². The second kappa shape index (κ2) is 36.9. The van der Waals surface area contributed by atoms with Crippen LogP contribution in [0.15, 0.2) is 152 Å². The number of morpholine rings is 1. The van der Waals surface area contributed by atoms with Gasteiger partial charge in [0.15, 0.2) is 0 Å². The number of hydrogen-bond acceptors (Lipinski definition) is 16. The van der Waals surface area contributed by atoms with E-state index >= 15 is 18.0 Å². The molecule has 8 aromatic rings. The molecular formula is C101H108Cl7F3N10O12. The van der Waals surface area contributed by atoms with Gasteiger partial charge in [-0.3, -0.25) is 43.3 Å². The highest BCUT2D eigenvalue weighted by atomic mass is 35.5. The summed E-state index contributed by atoms with van der Waals surface area (Å²) in [6, 6.07) is 42.9. The summed E-state index contributed by atoms with van der Waals surface area (Å²) in [5.74, 6) is -8.67. The van der Waals surface area contributed by atoms with Crippen molar-refractivity contribution in [2.24, 2.45) is 62.0 Å². The van der Waals surface area contributed by atoms with Crippen LogP contribution in [-0.4, -0.2) is 115 Å². The topological polar surface area (TPSA) is 341 Å². The van der Waals surface area contributed by atoms with E-state index in [1.807, 2.05) is 72.8 Å². The predicted octanol–water partition coefficient (Wildman–Crippen LogP) is 20.5. The molecule has 6 spiro atoms. The van der Waals surface area contributed by atoms with E-state index < -0.39 is 128 Å². The molecule has 20 rings (SSSR count). The van der Waals surface area contributed by atoms with Gasteiger partial charge in [0.25, 0.3) is 0 Å². The second-order valence-corrected chi connectivity index (χ2v) is 43.0. The first-order valence-corrected chi connectivity index (χ1v) is 47.7. The lowest BCUT2D eigenvalue weighted by molar-refractivity contribution is -0.184. The fourth-order valence-corrected chi connectivity index (χ4v) is 26.5. The number of aliphatic carboxylic acids is 1. The van der Waals surface area contributed by atoms with Crippen LogP contribution in [0.2, 0.25) is 30.5 Å². The fraction of sp³-hybridized carbons (Fsp3) is 0.475. The smallest absolute Gasteiger partial charge is 0.324 e. The number of carbonyl (C=O) groups excluding carboxylic acids is 7. The number of ether oxygens (including phenoxy) is 3. The van der Waals surface area contributed by atoms with Crippen molar-refractivity contribution in [2.45, 2.75) is 240 Å². The van der Waals surface area contributed by atoms with E-state index in [0.717, 1.165) is 56.1 Å². The Bertz CT molecular complexity index is 5900. The molecule has 4 saturated heterocycles. The number of anilines is 3. The van der Waals surface area contributed by atoms with Gasteiger partial charge in [0.2, 0.25) is 29.5 Å². The number of carboxylic acids is 1. The summed E-state index contributed by atoms with van der Waals surface area (Å²) in [5, 5.41) is 19.7. The molecule has 0 bridgehead atoms. The molecule has 704 valence electrons. The van der Waals surface area contributed by atoms with Gasteiger partial charge in [-0.15, -0.1) is 12.4 Å². The minimum absolute atomic E-state index is 0. The van der Waals surface area contributed by atoms with Crippen LogP contribution >= 0.6 is 82.0 Å². The zero-order valence-electron chi connectivity index (χ0n) is 74.5. The molecule has 32 heteroatoms. The molecule has 10 heterocycles. The fourth-order valence-electron chi connectivity index (χ4n) is 25.5. The number of nitrogens with zero attached hydrogens (tertiary/aromatic N) is 4. The lowest BCUT2D eigenvalue weighted by Gasteiger charge is -2.57. The SMILES string of the molecule is CC1(C)CCC2(CC1)C[C@@H](C(=O)C[C@@H]1CC[C@@H](C(N)=O)OC1)[C@H](c1cccc(Cl)c1F)[C@]21C(=O)Nc2nc(Cl)ccc21.CC1(C)CCC2(CC1)C[C@@H](C(=O)O)[C@H](c1cccc(Cl)c1F)C21C(=O)Nc2nc(Cl)ccc21.CC1(C)CCC2(CC1)N1[C@H](c3ccccc3)[C@H](c3ccccc3)OC(=O)[C@H]1[C@H](c1cccc(Cl)c1F)[C@@]21C(=O)Nc2nc(Cl)ccc21.Cl.NC(=O)[C@@H]1CC[C@@H](N)CO1. The number of benzene rings is 5. The average molecular weight is 1960 g/mol. The minimum Gasteiger partial charge on any atom is -0.481 e. The molecular weight excluding hydrogens is 1850 g/mol. The van der Waals surface area contributed by atoms with Gasteiger partial charge in [0.1, 0.15) is 85.9 Å². The zero-order chi connectivity index (χ0) is 94.1. The number of nitrogens with one attached hydrogen (secondary N) is 3. The highest BCUT2D eigenvalue weighted by Gasteiger charge is 2.80. The lowest BCUT2D eigenvalue weighted by Crippen LogP contribution is -2.64. The van der Waals surface area contributed by atoms with Crippen LogP contribution in [0.25, 0.3) is 0 Å². The summed E-state index contributed by atoms with van der Waals surface area (Å²) >= 11 is 37.7. The van der Waals surface area contributed by atoms with Crippen LogP contribution in [0.3, 0.4) is 0 Å². The number of amides is 5. The first-order chi connectivity index (χ1) is 62.7. The van der Waals surface area contributed by atoms with Crippen molar-refractivity contribution in [1.82, 2.24) is 19.9 Å². The van der Waals surface area contributed by atoms with Gasteiger partial charge in [-0.2, -0.15) is 0 Å². The van der Waals surface area contributed by atoms with E-state index in [1.54, 1.807) is 60.7 Å². The number of rotatable bonds is 11. The molecule has 5 aromatic carbocycles. The molecule has 10 N–H and O–H groups in total. The summed E-state index contributed by atoms with van der Waals surface area (Å²) in [4.78, 5) is 123. The standard InChI is InChI=1S/C38H34Cl2FN3O3.C32H36Cl2FN3O4.C25H25Cl2FN2O3.C6H12N2O2.ClH/c1-36(2)18-20-37(21-19-36)38(25-16-17-27(40)42-33(25)43-35(38)46)28(24-14-9-15-26(39)29(24)41)31-34(45)47-32(23-12-7-4-8-13-23)30(44(31)37)22-10-5-3-6-11-22;1-30(2)10-12-31(13-11-30)15-19(22(39)14-17-6-8-23(27(36)40)42-16-17)25(18-4-3-5-21(33)26(18)35)32(31)20-7-9-24(34)37-28(20)38-29(32)41;1-23(2)8-10-24(11-9-23)12-14(21(31)32)18(13-4-3-5-16(26)19(13)28)25(24)15-6-7-17(27)29-20(15)30-22(25)33;7-4-1-2-5(6(8)9)10-3-4;/h3-17,28,30-32H,18-21H2,1-2H3,(H,42,43,46);3-5,7,9,17,19,23,25H,6,8,10-16H2,1-2H3,(H2,36,40)(H,37,38,41);3-7,14,18H,8-12H2,1-2H3,(H,31,32)(H,29,30,33);4-5H,1-3,7H2,(H2,8,9);1H/t28-,30+,31+,32-,38-;17-,19-,23-,25-,32+;14-,18+,25?;4-,5+;/m0011./s1. The highest BCUT2D eigenvalue weighted by Crippen LogP contribution is 2.76. The monoisotopic (exact) mass is 1950 g/mol. The number of esters is 1. The van der Waals surface area contributed by atoms with E-state index in [1.165, 1.54) is 18.2 Å². The van der Waals surface area contributed by atoms with E-state index in [0.29, 0.717) is 105 Å². The number of nitrogens with two attached hydrogens (primary N) is 3. The summed E-state index contributed by atoms with van der Waals surface area (Å²) in [7, 11) is 0. The Balaban J connectivity index is 0.000000139. The first-order valence-electron chi connectivity index (χ1n) is 45.4. The minimum atomic E-state index is -1.43. The summed E-state index contributed by atoms with van der Waals surface area (Å²) < 4.78 is 65.3. The van der Waals surface area contributed by atoms with E-state index in [-0.39, 0.29) is 137 Å². The number of ketones is 1. The number of halogens is 10. The number of hydrogen-bond donors (Lipinski definition) is 7. The second-order valence-electron chi connectivity index (χ2n) is 40.7. The Morgan fingerprint density at radius 3 is 1.25 bits per heavy atom. The van der Waals surface area contributed by atoms with Crippen molar-refractivity contribution >= 4 is 147 Å². The maximum absolute atomic E-state index is 16.5. The quantitative estimate of drug-likeness (QED) is 0.0467. The molecule has 0 radical (unpaired) electrons. The molecule has 12 aliphatic rings. The number of carbonyl (C=O) groups is 8. The van der Waals surface area contributed by atoms with Crippen LogP contribution in [0.4, 0.5) is 30.6 Å². The van der Waals surface area contributed by atoms with E-state index in [4.69, 9.17) is 101 Å². The Hall–Kier alpha value is -8.83.